The molecule has 2 aromatic heterocycles. The van der Waals surface area contributed by atoms with Crippen molar-refractivity contribution in [2.75, 3.05) is 0 Å². The highest BCUT2D eigenvalue weighted by atomic mass is 14.7. The largest absolute Gasteiger partial charge is 0.358 e. The molecule has 0 aliphatic rings. The van der Waals surface area contributed by atoms with Crippen LogP contribution in [0.3, 0.4) is 0 Å². The van der Waals surface area contributed by atoms with E-state index in [-0.39, 0.29) is 0 Å². The third kappa shape index (κ3) is 3.46. The van der Waals surface area contributed by atoms with Gasteiger partial charge in [0.1, 0.15) is 0 Å². The molecule has 0 fully saturated rings. The average Bonchev–Trinajstić information content (AvgIpc) is 3.34. The molecule has 0 aliphatic carbocycles. The smallest absolute Gasteiger partial charge is 0.0456 e. The fourth-order valence-electron chi connectivity index (χ4n) is 4.12. The van der Waals surface area contributed by atoms with Crippen molar-refractivity contribution in [3.05, 3.63) is 107 Å². The second kappa shape index (κ2) is 7.40. The number of rotatable bonds is 6. The van der Waals surface area contributed by atoms with Crippen molar-refractivity contribution >= 4 is 21.8 Å². The lowest BCUT2D eigenvalue weighted by atomic mass is 9.98. The first-order valence-corrected chi connectivity index (χ1v) is 10.1. The standard InChI is InChI=1S/C26H24N2/c1-2-8-20(14-16-24-18-22-10-4-6-12-26(22)28-24)19(7-1)13-15-23-17-21-9-3-5-11-25(21)27-23/h1-12,17-18,27-28H,13-16H2. The number of benzene rings is 3. The predicted octanol–water partition coefficient (Wildman–Crippen LogP) is 6.22. The van der Waals surface area contributed by atoms with Crippen LogP contribution in [0, 0.1) is 0 Å². The average molecular weight is 364 g/mol. The number of H-pyrrole nitrogens is 2. The Hall–Kier alpha value is -3.26. The van der Waals surface area contributed by atoms with E-state index in [2.05, 4.69) is 94.9 Å². The number of nitrogens with one attached hydrogen (secondary N) is 2. The molecule has 2 N–H and O–H groups in total. The van der Waals surface area contributed by atoms with E-state index < -0.39 is 0 Å². The van der Waals surface area contributed by atoms with Crippen LogP contribution in [0.5, 0.6) is 0 Å². The molecule has 0 saturated heterocycles. The summed E-state index contributed by atoms with van der Waals surface area (Å²) in [4.78, 5) is 7.11. The number of aryl methyl sites for hydroxylation is 4. The number of para-hydroxylation sites is 2. The number of aromatic nitrogens is 2. The Morgan fingerprint density at radius 2 is 0.893 bits per heavy atom. The summed E-state index contributed by atoms with van der Waals surface area (Å²) in [6.07, 6.45) is 4.21. The first-order chi connectivity index (χ1) is 13.8. The Balaban J connectivity index is 1.29. The molecule has 5 aromatic rings. The second-order valence-corrected chi connectivity index (χ2v) is 7.53. The van der Waals surface area contributed by atoms with E-state index in [0.29, 0.717) is 0 Å². The Bertz CT molecular complexity index is 1060. The molecule has 0 unspecified atom stereocenters. The first-order valence-electron chi connectivity index (χ1n) is 10.1. The van der Waals surface area contributed by atoms with E-state index in [1.165, 1.54) is 44.3 Å². The number of aromatic amines is 2. The Morgan fingerprint density at radius 1 is 0.464 bits per heavy atom. The number of hydrogen-bond donors (Lipinski definition) is 2. The molecule has 2 nitrogen and oxygen atoms in total. The highest BCUT2D eigenvalue weighted by Gasteiger charge is 2.06. The van der Waals surface area contributed by atoms with Gasteiger partial charge in [-0.2, -0.15) is 0 Å². The van der Waals surface area contributed by atoms with E-state index in [9.17, 15) is 0 Å². The van der Waals surface area contributed by atoms with E-state index in [4.69, 9.17) is 0 Å². The van der Waals surface area contributed by atoms with Crippen molar-refractivity contribution in [2.45, 2.75) is 25.7 Å². The van der Waals surface area contributed by atoms with Crippen LogP contribution in [0.2, 0.25) is 0 Å². The fraction of sp³-hybridized carbons (Fsp3) is 0.154. The molecule has 0 amide bonds. The maximum absolute atomic E-state index is 3.55. The van der Waals surface area contributed by atoms with E-state index >= 15 is 0 Å². The molecule has 0 atom stereocenters. The molecule has 28 heavy (non-hydrogen) atoms. The second-order valence-electron chi connectivity index (χ2n) is 7.53. The summed E-state index contributed by atoms with van der Waals surface area (Å²) in [5.74, 6) is 0. The van der Waals surface area contributed by atoms with Gasteiger partial charge in [0.2, 0.25) is 0 Å². The highest BCUT2D eigenvalue weighted by Crippen LogP contribution is 2.20. The van der Waals surface area contributed by atoms with Gasteiger partial charge in [0.25, 0.3) is 0 Å². The van der Waals surface area contributed by atoms with Crippen molar-refractivity contribution in [1.29, 1.82) is 0 Å². The van der Waals surface area contributed by atoms with Gasteiger partial charge in [0.05, 0.1) is 0 Å². The maximum Gasteiger partial charge on any atom is 0.0456 e. The maximum atomic E-state index is 3.55. The van der Waals surface area contributed by atoms with Crippen LogP contribution in [-0.4, -0.2) is 9.97 Å². The zero-order valence-electron chi connectivity index (χ0n) is 15.9. The van der Waals surface area contributed by atoms with Crippen LogP contribution in [0.25, 0.3) is 21.8 Å². The van der Waals surface area contributed by atoms with Gasteiger partial charge in [-0.25, -0.2) is 0 Å². The molecule has 0 aliphatic heterocycles. The third-order valence-electron chi connectivity index (χ3n) is 5.62. The molecule has 0 radical (unpaired) electrons. The van der Waals surface area contributed by atoms with Gasteiger partial charge in [0, 0.05) is 22.4 Å². The lowest BCUT2D eigenvalue weighted by Gasteiger charge is -2.09. The summed E-state index contributed by atoms with van der Waals surface area (Å²) < 4.78 is 0. The highest BCUT2D eigenvalue weighted by molar-refractivity contribution is 5.80. The van der Waals surface area contributed by atoms with Crippen LogP contribution in [-0.2, 0) is 25.7 Å². The van der Waals surface area contributed by atoms with Gasteiger partial charge in [-0.1, -0.05) is 60.7 Å². The van der Waals surface area contributed by atoms with Crippen LogP contribution in [0.4, 0.5) is 0 Å². The quantitative estimate of drug-likeness (QED) is 0.358. The van der Waals surface area contributed by atoms with Gasteiger partial charge in [-0.3, -0.25) is 0 Å². The SMILES string of the molecule is c1ccc(CCc2cc3ccccc3[nH]2)c(CCc2cc3ccccc3[nH]2)c1. The van der Waals surface area contributed by atoms with Crippen LogP contribution in [0.15, 0.2) is 84.9 Å². The summed E-state index contributed by atoms with van der Waals surface area (Å²) in [7, 11) is 0. The summed E-state index contributed by atoms with van der Waals surface area (Å²) in [6, 6.07) is 30.4. The van der Waals surface area contributed by atoms with Gasteiger partial charge < -0.3 is 9.97 Å². The molecule has 0 bridgehead atoms. The van der Waals surface area contributed by atoms with Crippen LogP contribution < -0.4 is 0 Å². The number of fused-ring (bicyclic) bond motifs is 2. The van der Waals surface area contributed by atoms with Gasteiger partial charge in [-0.15, -0.1) is 0 Å². The lowest BCUT2D eigenvalue weighted by molar-refractivity contribution is 0.872. The van der Waals surface area contributed by atoms with Gasteiger partial charge >= 0.3 is 0 Å². The third-order valence-corrected chi connectivity index (χ3v) is 5.62. The van der Waals surface area contributed by atoms with E-state index in [1.54, 1.807) is 0 Å². The van der Waals surface area contributed by atoms with Crippen LogP contribution >= 0.6 is 0 Å². The molecule has 2 heteroatoms. The topological polar surface area (TPSA) is 31.6 Å². The monoisotopic (exact) mass is 364 g/mol. The Morgan fingerprint density at radius 3 is 1.36 bits per heavy atom. The predicted molar refractivity (Wildman–Crippen MR) is 118 cm³/mol. The van der Waals surface area contributed by atoms with Crippen molar-refractivity contribution in [3.8, 4) is 0 Å². The zero-order chi connectivity index (χ0) is 18.8. The molecule has 0 saturated carbocycles. The number of hydrogen-bond acceptors (Lipinski definition) is 0. The molecule has 138 valence electrons. The van der Waals surface area contributed by atoms with Gasteiger partial charge in [-0.05, 0) is 71.8 Å². The fourth-order valence-corrected chi connectivity index (χ4v) is 4.12. The van der Waals surface area contributed by atoms with Crippen molar-refractivity contribution in [2.24, 2.45) is 0 Å². The summed E-state index contributed by atoms with van der Waals surface area (Å²) in [5.41, 5.74) is 7.99. The van der Waals surface area contributed by atoms with Crippen molar-refractivity contribution < 1.29 is 0 Å². The van der Waals surface area contributed by atoms with E-state index in [0.717, 1.165) is 25.7 Å². The molecule has 3 aromatic carbocycles. The van der Waals surface area contributed by atoms with Crippen molar-refractivity contribution in [1.82, 2.24) is 9.97 Å². The Kier molecular flexibility index (Phi) is 4.46. The minimum atomic E-state index is 1.04. The van der Waals surface area contributed by atoms with E-state index in [1.807, 2.05) is 0 Å². The minimum Gasteiger partial charge on any atom is -0.358 e. The molecule has 5 rings (SSSR count). The first kappa shape index (κ1) is 16.9. The zero-order valence-corrected chi connectivity index (χ0v) is 15.9. The minimum absolute atomic E-state index is 1.04. The molecular formula is C26H24N2. The molecule has 0 spiro atoms. The summed E-state index contributed by atoms with van der Waals surface area (Å²) in [5, 5.41) is 2.59. The van der Waals surface area contributed by atoms with Gasteiger partial charge in [0.15, 0.2) is 0 Å². The molecule has 2 heterocycles. The van der Waals surface area contributed by atoms with Crippen molar-refractivity contribution in [3.63, 3.8) is 0 Å². The van der Waals surface area contributed by atoms with Crippen LogP contribution in [0.1, 0.15) is 22.5 Å². The lowest BCUT2D eigenvalue weighted by Crippen LogP contribution is -1.99. The Labute approximate surface area is 165 Å². The summed E-state index contributed by atoms with van der Waals surface area (Å²) in [6.45, 7) is 0. The molecular weight excluding hydrogens is 340 g/mol. The summed E-state index contributed by atoms with van der Waals surface area (Å²) >= 11 is 0. The normalized spacial score (nSPS) is 11.4.